The standard InChI is InChI=1S/C16H16ClFO2/c1-2-15(19)13-5-3-4-6-16(13)20-10-11-7-8-12(18)9-14(11)17/h3-9,15,19H,2,10H2,1H3. The van der Waals surface area contributed by atoms with Crippen LogP contribution in [0, 0.1) is 5.82 Å². The van der Waals surface area contributed by atoms with Crippen molar-refractivity contribution >= 4 is 11.6 Å². The van der Waals surface area contributed by atoms with Crippen LogP contribution in [0.15, 0.2) is 42.5 Å². The average Bonchev–Trinajstić information content (AvgIpc) is 2.46. The third kappa shape index (κ3) is 3.50. The van der Waals surface area contributed by atoms with Gasteiger partial charge in [-0.2, -0.15) is 0 Å². The van der Waals surface area contributed by atoms with Crippen LogP contribution < -0.4 is 4.74 Å². The van der Waals surface area contributed by atoms with Crippen molar-refractivity contribution in [2.75, 3.05) is 0 Å². The molecule has 2 aromatic carbocycles. The predicted octanol–water partition coefficient (Wildman–Crippen LogP) is 4.50. The molecule has 0 saturated carbocycles. The Kier molecular flexibility index (Phi) is 4.99. The smallest absolute Gasteiger partial charge is 0.125 e. The summed E-state index contributed by atoms with van der Waals surface area (Å²) in [6.07, 6.45) is 0.0485. The van der Waals surface area contributed by atoms with E-state index in [2.05, 4.69) is 0 Å². The lowest BCUT2D eigenvalue weighted by Crippen LogP contribution is -2.02. The zero-order chi connectivity index (χ0) is 14.5. The van der Waals surface area contributed by atoms with Crippen LogP contribution in [0.2, 0.25) is 5.02 Å². The van der Waals surface area contributed by atoms with E-state index in [1.54, 1.807) is 12.1 Å². The third-order valence-electron chi connectivity index (χ3n) is 3.06. The maximum Gasteiger partial charge on any atom is 0.125 e. The molecule has 4 heteroatoms. The molecule has 0 fully saturated rings. The second-order valence-corrected chi connectivity index (χ2v) is 4.89. The summed E-state index contributed by atoms with van der Waals surface area (Å²) >= 11 is 5.96. The van der Waals surface area contributed by atoms with Gasteiger partial charge in [0.15, 0.2) is 0 Å². The maximum atomic E-state index is 13.0. The second kappa shape index (κ2) is 6.73. The molecular formula is C16H16ClFO2. The quantitative estimate of drug-likeness (QED) is 0.879. The summed E-state index contributed by atoms with van der Waals surface area (Å²) in [5.41, 5.74) is 1.45. The van der Waals surface area contributed by atoms with E-state index in [9.17, 15) is 9.50 Å². The highest BCUT2D eigenvalue weighted by atomic mass is 35.5. The lowest BCUT2D eigenvalue weighted by molar-refractivity contribution is 0.166. The summed E-state index contributed by atoms with van der Waals surface area (Å²) in [7, 11) is 0. The fraction of sp³-hybridized carbons (Fsp3) is 0.250. The molecule has 2 nitrogen and oxygen atoms in total. The molecule has 1 unspecified atom stereocenters. The van der Waals surface area contributed by atoms with Crippen LogP contribution in [0.3, 0.4) is 0 Å². The molecule has 0 aliphatic heterocycles. The van der Waals surface area contributed by atoms with Crippen molar-refractivity contribution < 1.29 is 14.2 Å². The zero-order valence-corrected chi connectivity index (χ0v) is 11.9. The molecule has 0 heterocycles. The molecule has 20 heavy (non-hydrogen) atoms. The Morgan fingerprint density at radius 2 is 2.00 bits per heavy atom. The lowest BCUT2D eigenvalue weighted by Gasteiger charge is -2.15. The minimum atomic E-state index is -0.560. The van der Waals surface area contributed by atoms with Gasteiger partial charge in [0.25, 0.3) is 0 Å². The summed E-state index contributed by atoms with van der Waals surface area (Å²) < 4.78 is 18.7. The number of hydrogen-bond donors (Lipinski definition) is 1. The molecule has 2 aromatic rings. The van der Waals surface area contributed by atoms with Gasteiger partial charge in [-0.05, 0) is 24.6 Å². The zero-order valence-electron chi connectivity index (χ0n) is 11.1. The van der Waals surface area contributed by atoms with Gasteiger partial charge < -0.3 is 9.84 Å². The van der Waals surface area contributed by atoms with Gasteiger partial charge in [-0.15, -0.1) is 0 Å². The summed E-state index contributed by atoms with van der Waals surface area (Å²) in [6, 6.07) is 11.5. The van der Waals surface area contributed by atoms with Crippen molar-refractivity contribution in [1.82, 2.24) is 0 Å². The molecule has 0 aliphatic rings. The Labute approximate surface area is 122 Å². The Morgan fingerprint density at radius 3 is 2.70 bits per heavy atom. The van der Waals surface area contributed by atoms with Crippen LogP contribution in [0.1, 0.15) is 30.6 Å². The van der Waals surface area contributed by atoms with Gasteiger partial charge >= 0.3 is 0 Å². The van der Waals surface area contributed by atoms with E-state index in [4.69, 9.17) is 16.3 Å². The summed E-state index contributed by atoms with van der Waals surface area (Å²) in [4.78, 5) is 0. The van der Waals surface area contributed by atoms with Crippen molar-refractivity contribution in [3.63, 3.8) is 0 Å². The van der Waals surface area contributed by atoms with Crippen molar-refractivity contribution in [2.45, 2.75) is 26.1 Å². The van der Waals surface area contributed by atoms with E-state index in [1.807, 2.05) is 25.1 Å². The second-order valence-electron chi connectivity index (χ2n) is 4.49. The number of ether oxygens (including phenoxy) is 1. The first kappa shape index (κ1) is 14.8. The molecule has 0 spiro atoms. The van der Waals surface area contributed by atoms with Gasteiger partial charge in [-0.3, -0.25) is 0 Å². The van der Waals surface area contributed by atoms with E-state index in [0.717, 1.165) is 5.56 Å². The molecule has 106 valence electrons. The fourth-order valence-corrected chi connectivity index (χ4v) is 2.12. The number of halogens is 2. The first-order valence-electron chi connectivity index (χ1n) is 6.45. The summed E-state index contributed by atoms with van der Waals surface area (Å²) in [6.45, 7) is 2.13. The van der Waals surface area contributed by atoms with Crippen molar-refractivity contribution in [3.8, 4) is 5.75 Å². The topological polar surface area (TPSA) is 29.5 Å². The molecule has 0 aliphatic carbocycles. The summed E-state index contributed by atoms with van der Waals surface area (Å²) in [5.74, 6) is 0.239. The highest BCUT2D eigenvalue weighted by molar-refractivity contribution is 6.31. The Bertz CT molecular complexity index is 586. The monoisotopic (exact) mass is 294 g/mol. The minimum Gasteiger partial charge on any atom is -0.488 e. The molecule has 0 aromatic heterocycles. The van der Waals surface area contributed by atoms with E-state index in [1.165, 1.54) is 12.1 Å². The normalized spacial score (nSPS) is 12.2. The van der Waals surface area contributed by atoms with Crippen LogP contribution in [0.25, 0.3) is 0 Å². The Morgan fingerprint density at radius 1 is 1.25 bits per heavy atom. The van der Waals surface area contributed by atoms with E-state index in [-0.39, 0.29) is 12.4 Å². The molecule has 0 bridgehead atoms. The van der Waals surface area contributed by atoms with Crippen LogP contribution >= 0.6 is 11.6 Å². The first-order chi connectivity index (χ1) is 9.61. The van der Waals surface area contributed by atoms with Crippen LogP contribution in [-0.4, -0.2) is 5.11 Å². The predicted molar refractivity (Wildman–Crippen MR) is 77.4 cm³/mol. The van der Waals surface area contributed by atoms with Gasteiger partial charge in [0.05, 0.1) is 11.1 Å². The third-order valence-corrected chi connectivity index (χ3v) is 3.41. The van der Waals surface area contributed by atoms with Gasteiger partial charge in [0, 0.05) is 11.1 Å². The average molecular weight is 295 g/mol. The number of rotatable bonds is 5. The van der Waals surface area contributed by atoms with E-state index in [0.29, 0.717) is 22.8 Å². The van der Waals surface area contributed by atoms with Crippen molar-refractivity contribution in [3.05, 3.63) is 64.4 Å². The summed E-state index contributed by atoms with van der Waals surface area (Å²) in [5, 5.41) is 10.3. The Balaban J connectivity index is 2.15. The van der Waals surface area contributed by atoms with E-state index < -0.39 is 6.10 Å². The van der Waals surface area contributed by atoms with Crippen LogP contribution in [0.5, 0.6) is 5.75 Å². The van der Waals surface area contributed by atoms with Gasteiger partial charge in [-0.25, -0.2) is 4.39 Å². The minimum absolute atomic E-state index is 0.229. The number of aliphatic hydroxyl groups excluding tert-OH is 1. The molecule has 0 amide bonds. The Hall–Kier alpha value is -1.58. The van der Waals surface area contributed by atoms with E-state index >= 15 is 0 Å². The maximum absolute atomic E-state index is 13.0. The molecule has 2 rings (SSSR count). The largest absolute Gasteiger partial charge is 0.488 e. The highest BCUT2D eigenvalue weighted by Crippen LogP contribution is 2.28. The first-order valence-corrected chi connectivity index (χ1v) is 6.83. The lowest BCUT2D eigenvalue weighted by atomic mass is 10.1. The molecule has 0 saturated heterocycles. The van der Waals surface area contributed by atoms with Gasteiger partial charge in [-0.1, -0.05) is 42.8 Å². The molecule has 1 atom stereocenters. The SMILES string of the molecule is CCC(O)c1ccccc1OCc1ccc(F)cc1Cl. The number of hydrogen-bond acceptors (Lipinski definition) is 2. The number of aliphatic hydroxyl groups is 1. The number of benzene rings is 2. The van der Waals surface area contributed by atoms with Crippen LogP contribution in [0.4, 0.5) is 4.39 Å². The van der Waals surface area contributed by atoms with Gasteiger partial charge in [0.1, 0.15) is 18.2 Å². The van der Waals surface area contributed by atoms with Crippen LogP contribution in [-0.2, 0) is 6.61 Å². The fourth-order valence-electron chi connectivity index (χ4n) is 1.90. The van der Waals surface area contributed by atoms with Gasteiger partial charge in [0.2, 0.25) is 0 Å². The van der Waals surface area contributed by atoms with Crippen molar-refractivity contribution in [1.29, 1.82) is 0 Å². The van der Waals surface area contributed by atoms with Crippen molar-refractivity contribution in [2.24, 2.45) is 0 Å². The highest BCUT2D eigenvalue weighted by Gasteiger charge is 2.11. The molecule has 1 N–H and O–H groups in total. The molecular weight excluding hydrogens is 279 g/mol. The molecule has 0 radical (unpaired) electrons. The number of para-hydroxylation sites is 1.